The lowest BCUT2D eigenvalue weighted by Gasteiger charge is -2.22. The van der Waals surface area contributed by atoms with E-state index in [1.165, 1.54) is 25.0 Å². The quantitative estimate of drug-likeness (QED) is 0.797. The van der Waals surface area contributed by atoms with E-state index >= 15 is 0 Å². The minimum Gasteiger partial charge on any atom is -0.314 e. The first-order chi connectivity index (χ1) is 9.20. The molecule has 2 aromatic rings. The predicted octanol–water partition coefficient (Wildman–Crippen LogP) is 3.74. The highest BCUT2D eigenvalue weighted by molar-refractivity contribution is 7.15. The van der Waals surface area contributed by atoms with E-state index in [0.717, 1.165) is 17.9 Å². The van der Waals surface area contributed by atoms with E-state index in [0.29, 0.717) is 12.0 Å². The number of nitrogens with zero attached hydrogens (tertiary/aromatic N) is 2. The van der Waals surface area contributed by atoms with Crippen molar-refractivity contribution in [1.82, 2.24) is 14.7 Å². The fourth-order valence-corrected chi connectivity index (χ4v) is 3.12. The highest BCUT2D eigenvalue weighted by Crippen LogP contribution is 2.15. The third kappa shape index (κ3) is 4.05. The molecule has 0 fully saturated rings. The van der Waals surface area contributed by atoms with Crippen molar-refractivity contribution in [1.29, 1.82) is 0 Å². The van der Waals surface area contributed by atoms with Crippen LogP contribution in [-0.2, 0) is 6.42 Å². The van der Waals surface area contributed by atoms with E-state index in [4.69, 9.17) is 0 Å². The summed E-state index contributed by atoms with van der Waals surface area (Å²) in [5.74, 6) is 0.706. The Kier molecular flexibility index (Phi) is 5.40. The molecule has 0 aromatic carbocycles. The molecular formula is C15H25N3S. The summed E-state index contributed by atoms with van der Waals surface area (Å²) >= 11 is 1.70. The standard InChI is InChI=1S/C15H25N3S/c1-4-8-16-14(12(2)3)7-5-6-13-11-18-9-10-19-15(18)17-13/h9-12,14,16H,4-8H2,1-3H3. The molecule has 0 saturated heterocycles. The smallest absolute Gasteiger partial charge is 0.193 e. The summed E-state index contributed by atoms with van der Waals surface area (Å²) < 4.78 is 2.12. The van der Waals surface area contributed by atoms with Gasteiger partial charge in [-0.25, -0.2) is 4.98 Å². The fourth-order valence-electron chi connectivity index (χ4n) is 2.40. The van der Waals surface area contributed by atoms with Crippen LogP contribution in [0.3, 0.4) is 0 Å². The number of imidazole rings is 1. The number of aryl methyl sites for hydroxylation is 1. The van der Waals surface area contributed by atoms with Gasteiger partial charge < -0.3 is 5.32 Å². The van der Waals surface area contributed by atoms with Gasteiger partial charge in [0.2, 0.25) is 0 Å². The molecule has 0 bridgehead atoms. The summed E-state index contributed by atoms with van der Waals surface area (Å²) in [6.07, 6.45) is 8.99. The van der Waals surface area contributed by atoms with Crippen molar-refractivity contribution in [3.8, 4) is 0 Å². The van der Waals surface area contributed by atoms with Crippen LogP contribution in [0.2, 0.25) is 0 Å². The van der Waals surface area contributed by atoms with Gasteiger partial charge in [0.05, 0.1) is 5.69 Å². The zero-order valence-corrected chi connectivity index (χ0v) is 13.0. The van der Waals surface area contributed by atoms with Crippen molar-refractivity contribution in [2.45, 2.75) is 52.5 Å². The predicted molar refractivity (Wildman–Crippen MR) is 82.9 cm³/mol. The third-order valence-electron chi connectivity index (χ3n) is 3.55. The van der Waals surface area contributed by atoms with E-state index in [-0.39, 0.29) is 0 Å². The van der Waals surface area contributed by atoms with Gasteiger partial charge in [-0.05, 0) is 38.1 Å². The zero-order valence-electron chi connectivity index (χ0n) is 12.2. The first-order valence-electron chi connectivity index (χ1n) is 7.35. The molecule has 1 unspecified atom stereocenters. The normalized spacial score (nSPS) is 13.5. The number of rotatable bonds is 8. The van der Waals surface area contributed by atoms with Crippen molar-refractivity contribution in [3.63, 3.8) is 0 Å². The Labute approximate surface area is 120 Å². The van der Waals surface area contributed by atoms with Gasteiger partial charge in [-0.2, -0.15) is 0 Å². The largest absolute Gasteiger partial charge is 0.314 e. The minimum atomic E-state index is 0.642. The molecule has 3 nitrogen and oxygen atoms in total. The number of aromatic nitrogens is 2. The van der Waals surface area contributed by atoms with Crippen molar-refractivity contribution < 1.29 is 0 Å². The fraction of sp³-hybridized carbons (Fsp3) is 0.667. The average molecular weight is 279 g/mol. The Morgan fingerprint density at radius 2 is 2.26 bits per heavy atom. The summed E-state index contributed by atoms with van der Waals surface area (Å²) in [6, 6.07) is 0.642. The van der Waals surface area contributed by atoms with Gasteiger partial charge in [0.1, 0.15) is 0 Å². The molecule has 0 aliphatic carbocycles. The lowest BCUT2D eigenvalue weighted by Crippen LogP contribution is -2.34. The van der Waals surface area contributed by atoms with E-state index < -0.39 is 0 Å². The van der Waals surface area contributed by atoms with Crippen molar-refractivity contribution in [3.05, 3.63) is 23.5 Å². The maximum absolute atomic E-state index is 4.64. The van der Waals surface area contributed by atoms with Crippen LogP contribution in [0.4, 0.5) is 0 Å². The molecule has 0 spiro atoms. The van der Waals surface area contributed by atoms with Gasteiger partial charge in [-0.3, -0.25) is 4.40 Å². The number of fused-ring (bicyclic) bond motifs is 1. The molecule has 19 heavy (non-hydrogen) atoms. The Balaban J connectivity index is 1.79. The number of hydrogen-bond acceptors (Lipinski definition) is 3. The van der Waals surface area contributed by atoms with Gasteiger partial charge >= 0.3 is 0 Å². The molecule has 1 atom stereocenters. The Bertz CT molecular complexity index is 458. The molecule has 0 amide bonds. The van der Waals surface area contributed by atoms with Crippen LogP contribution in [0.25, 0.3) is 4.96 Å². The van der Waals surface area contributed by atoms with Crippen LogP contribution in [-0.4, -0.2) is 22.0 Å². The number of hydrogen-bond donors (Lipinski definition) is 1. The molecule has 106 valence electrons. The first-order valence-corrected chi connectivity index (χ1v) is 8.23. The second-order valence-corrected chi connectivity index (χ2v) is 6.39. The molecule has 2 aromatic heterocycles. The highest BCUT2D eigenvalue weighted by atomic mass is 32.1. The van der Waals surface area contributed by atoms with Crippen LogP contribution >= 0.6 is 11.3 Å². The Morgan fingerprint density at radius 3 is 2.95 bits per heavy atom. The summed E-state index contributed by atoms with van der Waals surface area (Å²) in [6.45, 7) is 7.96. The van der Waals surface area contributed by atoms with E-state index in [1.807, 2.05) is 0 Å². The van der Waals surface area contributed by atoms with E-state index in [2.05, 4.69) is 53.2 Å². The van der Waals surface area contributed by atoms with Gasteiger partial charge in [0, 0.05) is 23.8 Å². The molecule has 0 aliphatic heterocycles. The van der Waals surface area contributed by atoms with Crippen LogP contribution in [0.5, 0.6) is 0 Å². The Hall–Kier alpha value is -0.870. The lowest BCUT2D eigenvalue weighted by molar-refractivity contribution is 0.370. The molecule has 0 radical (unpaired) electrons. The third-order valence-corrected chi connectivity index (χ3v) is 4.32. The van der Waals surface area contributed by atoms with Gasteiger partial charge in [0.25, 0.3) is 0 Å². The maximum atomic E-state index is 4.64. The summed E-state index contributed by atoms with van der Waals surface area (Å²) in [5.41, 5.74) is 1.23. The average Bonchev–Trinajstić information content (AvgIpc) is 2.93. The van der Waals surface area contributed by atoms with Gasteiger partial charge in [-0.1, -0.05) is 20.8 Å². The molecule has 0 saturated carbocycles. The topological polar surface area (TPSA) is 29.3 Å². The molecule has 0 aliphatic rings. The first kappa shape index (κ1) is 14.5. The van der Waals surface area contributed by atoms with Crippen LogP contribution in [0.1, 0.15) is 45.7 Å². The second kappa shape index (κ2) is 7.06. The summed E-state index contributed by atoms with van der Waals surface area (Å²) in [7, 11) is 0. The molecular weight excluding hydrogens is 254 g/mol. The number of thiazole rings is 1. The van der Waals surface area contributed by atoms with Gasteiger partial charge in [0.15, 0.2) is 4.96 Å². The lowest BCUT2D eigenvalue weighted by atomic mass is 9.98. The SMILES string of the molecule is CCCNC(CCCc1cn2ccsc2n1)C(C)C. The maximum Gasteiger partial charge on any atom is 0.193 e. The van der Waals surface area contributed by atoms with E-state index in [9.17, 15) is 0 Å². The molecule has 2 heterocycles. The zero-order chi connectivity index (χ0) is 13.7. The molecule has 2 rings (SSSR count). The van der Waals surface area contributed by atoms with E-state index in [1.54, 1.807) is 11.3 Å². The molecule has 1 N–H and O–H groups in total. The summed E-state index contributed by atoms with van der Waals surface area (Å²) in [5, 5.41) is 5.73. The van der Waals surface area contributed by atoms with Crippen LogP contribution < -0.4 is 5.32 Å². The highest BCUT2D eigenvalue weighted by Gasteiger charge is 2.12. The summed E-state index contributed by atoms with van der Waals surface area (Å²) in [4.78, 5) is 5.75. The molecule has 4 heteroatoms. The van der Waals surface area contributed by atoms with Crippen molar-refractivity contribution in [2.75, 3.05) is 6.54 Å². The monoisotopic (exact) mass is 279 g/mol. The van der Waals surface area contributed by atoms with Crippen LogP contribution in [0, 0.1) is 5.92 Å². The van der Waals surface area contributed by atoms with Crippen LogP contribution in [0.15, 0.2) is 17.8 Å². The van der Waals surface area contributed by atoms with Crippen molar-refractivity contribution >= 4 is 16.3 Å². The Morgan fingerprint density at radius 1 is 1.42 bits per heavy atom. The van der Waals surface area contributed by atoms with Gasteiger partial charge in [-0.15, -0.1) is 11.3 Å². The minimum absolute atomic E-state index is 0.642. The number of nitrogens with one attached hydrogen (secondary N) is 1. The van der Waals surface area contributed by atoms with Crippen molar-refractivity contribution in [2.24, 2.45) is 5.92 Å². The second-order valence-electron chi connectivity index (χ2n) is 5.52.